The van der Waals surface area contributed by atoms with Gasteiger partial charge in [0.05, 0.1) is 13.2 Å². The second kappa shape index (κ2) is 6.53. The van der Waals surface area contributed by atoms with Gasteiger partial charge in [0.15, 0.2) is 0 Å². The molecule has 2 aromatic carbocycles. The number of phenolic OH excluding ortho intramolecular Hbond substituents is 1. The van der Waals surface area contributed by atoms with Crippen LogP contribution in [0.25, 0.3) is 0 Å². The summed E-state index contributed by atoms with van der Waals surface area (Å²) in [4.78, 5) is 0. The van der Waals surface area contributed by atoms with Crippen LogP contribution in [0.3, 0.4) is 0 Å². The van der Waals surface area contributed by atoms with E-state index in [1.165, 1.54) is 5.56 Å². The van der Waals surface area contributed by atoms with E-state index in [4.69, 9.17) is 4.74 Å². The number of aromatic hydroxyl groups is 1. The van der Waals surface area contributed by atoms with Crippen molar-refractivity contribution in [1.29, 1.82) is 0 Å². The first-order chi connectivity index (χ1) is 10.1. The molecule has 1 unspecified atom stereocenters. The quantitative estimate of drug-likeness (QED) is 0.844. The zero-order valence-electron chi connectivity index (χ0n) is 13.1. The second-order valence-corrected chi connectivity index (χ2v) is 5.28. The molecule has 1 atom stereocenters. The van der Waals surface area contributed by atoms with E-state index >= 15 is 0 Å². The van der Waals surface area contributed by atoms with Gasteiger partial charge < -0.3 is 15.2 Å². The molecule has 2 N–H and O–H groups in total. The van der Waals surface area contributed by atoms with E-state index in [-0.39, 0.29) is 6.04 Å². The zero-order chi connectivity index (χ0) is 15.4. The maximum absolute atomic E-state index is 10.1. The van der Waals surface area contributed by atoms with Crippen LogP contribution in [-0.2, 0) is 0 Å². The smallest absolute Gasteiger partial charge is 0.123 e. The van der Waals surface area contributed by atoms with E-state index in [0.717, 1.165) is 29.0 Å². The Kier molecular flexibility index (Phi) is 4.73. The average molecular weight is 285 g/mol. The summed E-state index contributed by atoms with van der Waals surface area (Å²) in [6.45, 7) is 5.99. The first-order valence-corrected chi connectivity index (χ1v) is 7.26. The van der Waals surface area contributed by atoms with Crippen LogP contribution in [0.2, 0.25) is 0 Å². The Morgan fingerprint density at radius 3 is 2.33 bits per heavy atom. The number of ether oxygens (including phenoxy) is 1. The molecule has 0 heterocycles. The van der Waals surface area contributed by atoms with Crippen LogP contribution >= 0.6 is 0 Å². The third kappa shape index (κ3) is 3.30. The predicted molar refractivity (Wildman–Crippen MR) is 87.2 cm³/mol. The van der Waals surface area contributed by atoms with Crippen LogP contribution in [0.1, 0.15) is 36.1 Å². The Hall–Kier alpha value is -2.16. The first kappa shape index (κ1) is 15.2. The molecular weight excluding hydrogens is 262 g/mol. The molecule has 0 spiro atoms. The Morgan fingerprint density at radius 1 is 1.10 bits per heavy atom. The van der Waals surface area contributed by atoms with Crippen molar-refractivity contribution in [2.45, 2.75) is 33.2 Å². The summed E-state index contributed by atoms with van der Waals surface area (Å²) >= 11 is 0. The lowest BCUT2D eigenvalue weighted by Crippen LogP contribution is -2.10. The van der Waals surface area contributed by atoms with Gasteiger partial charge >= 0.3 is 0 Å². The third-order valence-electron chi connectivity index (χ3n) is 3.89. The second-order valence-electron chi connectivity index (χ2n) is 5.28. The summed E-state index contributed by atoms with van der Waals surface area (Å²) in [6.07, 6.45) is 0.959. The number of methoxy groups -OCH3 is 1. The molecule has 3 nitrogen and oxygen atoms in total. The van der Waals surface area contributed by atoms with Crippen LogP contribution in [0, 0.1) is 13.8 Å². The van der Waals surface area contributed by atoms with Gasteiger partial charge in [-0.3, -0.25) is 0 Å². The Bertz CT molecular complexity index is 605. The minimum absolute atomic E-state index is 0.205. The van der Waals surface area contributed by atoms with Gasteiger partial charge in [-0.2, -0.15) is 0 Å². The van der Waals surface area contributed by atoms with Gasteiger partial charge in [0.2, 0.25) is 0 Å². The number of anilines is 1. The van der Waals surface area contributed by atoms with Crippen LogP contribution in [-0.4, -0.2) is 12.2 Å². The molecule has 21 heavy (non-hydrogen) atoms. The van der Waals surface area contributed by atoms with Crippen molar-refractivity contribution in [1.82, 2.24) is 0 Å². The molecular formula is C18H23NO2. The Balaban J connectivity index is 2.24. The van der Waals surface area contributed by atoms with Crippen LogP contribution in [0.4, 0.5) is 5.69 Å². The number of aryl methyl sites for hydroxylation is 1. The highest BCUT2D eigenvalue weighted by Crippen LogP contribution is 2.31. The molecule has 0 saturated heterocycles. The number of rotatable bonds is 5. The fourth-order valence-corrected chi connectivity index (χ4v) is 2.44. The molecule has 0 amide bonds. The molecule has 0 aliphatic heterocycles. The normalized spacial score (nSPS) is 12.0. The van der Waals surface area contributed by atoms with Crippen molar-refractivity contribution in [3.63, 3.8) is 0 Å². The molecule has 2 rings (SSSR count). The maximum Gasteiger partial charge on any atom is 0.123 e. The van der Waals surface area contributed by atoms with E-state index in [0.29, 0.717) is 5.75 Å². The molecule has 112 valence electrons. The third-order valence-corrected chi connectivity index (χ3v) is 3.89. The number of nitrogens with one attached hydrogen (secondary N) is 1. The van der Waals surface area contributed by atoms with E-state index < -0.39 is 0 Å². The van der Waals surface area contributed by atoms with Crippen molar-refractivity contribution in [3.05, 3.63) is 53.1 Å². The number of phenols is 1. The van der Waals surface area contributed by atoms with Crippen molar-refractivity contribution in [2.24, 2.45) is 0 Å². The van der Waals surface area contributed by atoms with Crippen LogP contribution in [0.15, 0.2) is 36.4 Å². The van der Waals surface area contributed by atoms with Gasteiger partial charge in [0, 0.05) is 11.3 Å². The van der Waals surface area contributed by atoms with Crippen molar-refractivity contribution in [3.8, 4) is 11.5 Å². The number of hydrogen-bond donors (Lipinski definition) is 2. The topological polar surface area (TPSA) is 41.5 Å². The fourth-order valence-electron chi connectivity index (χ4n) is 2.44. The van der Waals surface area contributed by atoms with Crippen LogP contribution in [0.5, 0.6) is 11.5 Å². The summed E-state index contributed by atoms with van der Waals surface area (Å²) in [7, 11) is 1.67. The number of benzene rings is 2. The molecule has 0 radical (unpaired) electrons. The van der Waals surface area contributed by atoms with E-state index in [9.17, 15) is 5.11 Å². The highest BCUT2D eigenvalue weighted by molar-refractivity contribution is 5.60. The van der Waals surface area contributed by atoms with Crippen molar-refractivity contribution < 1.29 is 9.84 Å². The molecule has 0 aliphatic rings. The largest absolute Gasteiger partial charge is 0.507 e. The van der Waals surface area contributed by atoms with Crippen LogP contribution < -0.4 is 10.1 Å². The molecule has 0 aliphatic carbocycles. The maximum atomic E-state index is 10.1. The average Bonchev–Trinajstić information content (AvgIpc) is 2.52. The fraction of sp³-hybridized carbons (Fsp3) is 0.333. The Morgan fingerprint density at radius 2 is 1.76 bits per heavy atom. The van der Waals surface area contributed by atoms with E-state index in [1.54, 1.807) is 7.11 Å². The van der Waals surface area contributed by atoms with Gasteiger partial charge in [0.25, 0.3) is 0 Å². The minimum atomic E-state index is 0.205. The van der Waals surface area contributed by atoms with Gasteiger partial charge in [-0.05, 0) is 49.6 Å². The summed E-state index contributed by atoms with van der Waals surface area (Å²) < 4.78 is 5.20. The molecule has 0 aromatic heterocycles. The first-order valence-electron chi connectivity index (χ1n) is 7.26. The van der Waals surface area contributed by atoms with E-state index in [1.807, 2.05) is 38.1 Å². The van der Waals surface area contributed by atoms with Gasteiger partial charge in [0.1, 0.15) is 11.5 Å². The highest BCUT2D eigenvalue weighted by Gasteiger charge is 2.12. The standard InChI is InChI=1S/C18H23NO2/c1-5-16(14-7-9-15(21-4)10-8-14)19-17-11-6-12(2)18(20)13(17)3/h6-11,16,19-20H,5H2,1-4H3. The lowest BCUT2D eigenvalue weighted by Gasteiger charge is -2.21. The zero-order valence-corrected chi connectivity index (χ0v) is 13.1. The highest BCUT2D eigenvalue weighted by atomic mass is 16.5. The summed E-state index contributed by atoms with van der Waals surface area (Å²) in [6, 6.07) is 12.3. The van der Waals surface area contributed by atoms with Crippen molar-refractivity contribution >= 4 is 5.69 Å². The molecule has 2 aromatic rings. The van der Waals surface area contributed by atoms with Gasteiger partial charge in [-0.25, -0.2) is 0 Å². The lowest BCUT2D eigenvalue weighted by molar-refractivity contribution is 0.414. The lowest BCUT2D eigenvalue weighted by atomic mass is 10.0. The van der Waals surface area contributed by atoms with Gasteiger partial charge in [-0.1, -0.05) is 25.1 Å². The SMILES string of the molecule is CCC(Nc1ccc(C)c(O)c1C)c1ccc(OC)cc1. The number of hydrogen-bond acceptors (Lipinski definition) is 3. The monoisotopic (exact) mass is 285 g/mol. The molecule has 3 heteroatoms. The molecule has 0 bridgehead atoms. The van der Waals surface area contributed by atoms with Gasteiger partial charge in [-0.15, -0.1) is 0 Å². The summed E-state index contributed by atoms with van der Waals surface area (Å²) in [5.41, 5.74) is 3.97. The molecule has 0 fully saturated rings. The predicted octanol–water partition coefficient (Wildman–Crippen LogP) is 4.58. The summed E-state index contributed by atoms with van der Waals surface area (Å²) in [5.74, 6) is 1.22. The van der Waals surface area contributed by atoms with Crippen molar-refractivity contribution in [2.75, 3.05) is 12.4 Å². The Labute approximate surface area is 126 Å². The summed E-state index contributed by atoms with van der Waals surface area (Å²) in [5, 5.41) is 13.6. The minimum Gasteiger partial charge on any atom is -0.507 e. The molecule has 0 saturated carbocycles. The van der Waals surface area contributed by atoms with E-state index in [2.05, 4.69) is 24.4 Å².